The fourth-order valence-corrected chi connectivity index (χ4v) is 4.31. The minimum Gasteiger partial charge on any atom is -1.00 e. The van der Waals surface area contributed by atoms with Crippen LogP contribution in [-0.4, -0.2) is 18.3 Å². The van der Waals surface area contributed by atoms with Crippen molar-refractivity contribution < 1.29 is 31.4 Å². The van der Waals surface area contributed by atoms with Gasteiger partial charge in [-0.15, -0.1) is 0 Å². The lowest BCUT2D eigenvalue weighted by Gasteiger charge is -2.08. The van der Waals surface area contributed by atoms with Crippen LogP contribution >= 0.6 is 11.3 Å². The second-order valence-electron chi connectivity index (χ2n) is 6.28. The van der Waals surface area contributed by atoms with Crippen LogP contribution in [0.5, 0.6) is 0 Å². The zero-order valence-corrected chi connectivity index (χ0v) is 18.2. The number of benzene rings is 2. The van der Waals surface area contributed by atoms with Gasteiger partial charge in [0.1, 0.15) is 0 Å². The van der Waals surface area contributed by atoms with Gasteiger partial charge in [-0.1, -0.05) is 72.0 Å². The Hall–Kier alpha value is -1.53. The zero-order chi connectivity index (χ0) is 18.4. The second-order valence-corrected chi connectivity index (χ2v) is 7.40. The van der Waals surface area contributed by atoms with Crippen LogP contribution in [0.25, 0.3) is 0 Å². The van der Waals surface area contributed by atoms with E-state index < -0.39 is 6.10 Å². The fourth-order valence-electron chi connectivity index (χ4n) is 3.06. The second kappa shape index (κ2) is 10.7. The summed E-state index contributed by atoms with van der Waals surface area (Å²) in [5, 5.41) is 12.0. The average molecular weight is 449 g/mol. The van der Waals surface area contributed by atoms with Crippen molar-refractivity contribution >= 4 is 11.3 Å². The molecule has 1 N–H and O–H groups in total. The van der Waals surface area contributed by atoms with Crippen molar-refractivity contribution in [1.82, 2.24) is 0 Å². The maximum atomic E-state index is 11.0. The maximum absolute atomic E-state index is 11.0. The summed E-state index contributed by atoms with van der Waals surface area (Å²) in [7, 11) is 0. The Morgan fingerprint density at radius 2 is 1.67 bits per heavy atom. The summed E-state index contributed by atoms with van der Waals surface area (Å²) < 4.78 is 7.79. The van der Waals surface area contributed by atoms with Crippen LogP contribution in [0.3, 0.4) is 0 Å². The molecule has 2 aromatic carbocycles. The van der Waals surface area contributed by atoms with Crippen LogP contribution in [0, 0.1) is 6.92 Å². The summed E-state index contributed by atoms with van der Waals surface area (Å²) in [6.07, 6.45) is 0.255. The molecule has 3 nitrogen and oxygen atoms in total. The minimum atomic E-state index is -0.621. The number of aliphatic hydroxyl groups is 1. The van der Waals surface area contributed by atoms with Gasteiger partial charge in [-0.05, 0) is 12.5 Å². The fraction of sp³-hybridized carbons (Fsp3) is 0.318. The summed E-state index contributed by atoms with van der Waals surface area (Å²) in [5.41, 5.74) is 3.37. The molecule has 144 valence electrons. The largest absolute Gasteiger partial charge is 1.00 e. The van der Waals surface area contributed by atoms with Crippen molar-refractivity contribution in [1.29, 1.82) is 0 Å². The third-order valence-corrected chi connectivity index (χ3v) is 5.91. The highest BCUT2D eigenvalue weighted by molar-refractivity contribution is 7.11. The van der Waals surface area contributed by atoms with Crippen LogP contribution < -0.4 is 21.5 Å². The quantitative estimate of drug-likeness (QED) is 0.412. The number of aromatic nitrogens is 1. The number of aliphatic hydroxyl groups excluding tert-OH is 1. The van der Waals surface area contributed by atoms with Crippen LogP contribution in [-0.2, 0) is 17.7 Å². The topological polar surface area (TPSA) is 33.3 Å². The molecule has 0 saturated carbocycles. The Kier molecular flexibility index (Phi) is 8.64. The first-order valence-electron chi connectivity index (χ1n) is 9.07. The number of halogens is 1. The SMILES string of the molecule is CCOCCc1s[13c](C(O)c2ccccc2)[n+](Cc2ccccc2)c1C.[Br-]. The third-order valence-electron chi connectivity index (χ3n) is 4.51. The van der Waals surface area contributed by atoms with Gasteiger partial charge in [-0.25, -0.2) is 0 Å². The summed E-state index contributed by atoms with van der Waals surface area (Å²) in [4.78, 5) is 1.28. The molecule has 0 aliphatic carbocycles. The van der Waals surface area contributed by atoms with E-state index in [1.54, 1.807) is 11.3 Å². The summed E-state index contributed by atoms with van der Waals surface area (Å²) >= 11 is 1.69. The summed E-state index contributed by atoms with van der Waals surface area (Å²) in [5.74, 6) is 0. The molecule has 0 saturated heterocycles. The van der Waals surface area contributed by atoms with Gasteiger partial charge in [0.05, 0.1) is 11.5 Å². The molecule has 0 aliphatic heterocycles. The van der Waals surface area contributed by atoms with Gasteiger partial charge in [-0.3, -0.25) is 0 Å². The van der Waals surface area contributed by atoms with E-state index in [9.17, 15) is 5.11 Å². The van der Waals surface area contributed by atoms with Gasteiger partial charge in [-0.2, -0.15) is 4.57 Å². The number of rotatable bonds is 8. The van der Waals surface area contributed by atoms with E-state index in [1.165, 1.54) is 16.1 Å². The molecule has 0 aliphatic rings. The molecule has 1 atom stereocenters. The van der Waals surface area contributed by atoms with Crippen molar-refractivity contribution in [2.45, 2.75) is 32.9 Å². The Morgan fingerprint density at radius 1 is 1.04 bits per heavy atom. The highest BCUT2D eigenvalue weighted by Gasteiger charge is 2.29. The van der Waals surface area contributed by atoms with Crippen molar-refractivity contribution in [3.8, 4) is 0 Å². The monoisotopic (exact) mass is 448 g/mol. The first-order chi connectivity index (χ1) is 12.7. The Morgan fingerprint density at radius 3 is 2.30 bits per heavy atom. The molecule has 0 spiro atoms. The molecule has 0 bridgehead atoms. The molecule has 3 aromatic rings. The number of ether oxygens (including phenoxy) is 1. The lowest BCUT2D eigenvalue weighted by molar-refractivity contribution is -0.699. The third kappa shape index (κ3) is 5.48. The molecule has 3 rings (SSSR count). The van der Waals surface area contributed by atoms with E-state index in [0.717, 1.165) is 30.1 Å². The Balaban J connectivity index is 0.00000261. The molecule has 0 fully saturated rings. The molecule has 27 heavy (non-hydrogen) atoms. The molecule has 1 aromatic heterocycles. The van der Waals surface area contributed by atoms with Gasteiger partial charge < -0.3 is 26.8 Å². The van der Waals surface area contributed by atoms with Crippen LogP contribution in [0.4, 0.5) is 0 Å². The molecule has 0 amide bonds. The molecular weight excluding hydrogens is 423 g/mol. The van der Waals surface area contributed by atoms with E-state index in [0.29, 0.717) is 6.61 Å². The smallest absolute Gasteiger partial charge is 0.271 e. The summed E-state index contributed by atoms with van der Waals surface area (Å²) in [6.45, 7) is 6.36. The molecule has 0 radical (unpaired) electrons. The van der Waals surface area contributed by atoms with Gasteiger partial charge >= 0.3 is 0 Å². The lowest BCUT2D eigenvalue weighted by Crippen LogP contribution is -3.00. The van der Waals surface area contributed by atoms with Crippen molar-refractivity contribution in [2.24, 2.45) is 0 Å². The van der Waals surface area contributed by atoms with Crippen molar-refractivity contribution in [3.05, 3.63) is 87.4 Å². The number of hydrogen-bond acceptors (Lipinski definition) is 3. The molecule has 5 heteroatoms. The van der Waals surface area contributed by atoms with Gasteiger partial charge in [0, 0.05) is 25.5 Å². The predicted molar refractivity (Wildman–Crippen MR) is 105 cm³/mol. The van der Waals surface area contributed by atoms with Gasteiger partial charge in [0.15, 0.2) is 18.3 Å². The predicted octanol–water partition coefficient (Wildman–Crippen LogP) is 1.06. The van der Waals surface area contributed by atoms with Crippen LogP contribution in [0.15, 0.2) is 60.7 Å². The molecular formula is C22H26BrNO2S. The number of hydrogen-bond donors (Lipinski definition) is 1. The van der Waals surface area contributed by atoms with Gasteiger partial charge in [0.2, 0.25) is 0 Å². The van der Waals surface area contributed by atoms with E-state index in [-0.39, 0.29) is 17.0 Å². The van der Waals surface area contributed by atoms with Gasteiger partial charge in [0.25, 0.3) is 5.01 Å². The lowest BCUT2D eigenvalue weighted by atomic mass is 10.2. The first kappa shape index (κ1) is 21.8. The Bertz CT molecular complexity index is 821. The number of nitrogens with zero attached hydrogens (tertiary/aromatic N) is 1. The summed E-state index contributed by atoms with van der Waals surface area (Å²) in [6, 6.07) is 20.3. The van der Waals surface area contributed by atoms with E-state index in [4.69, 9.17) is 4.74 Å². The minimum absolute atomic E-state index is 0. The van der Waals surface area contributed by atoms with E-state index >= 15 is 0 Å². The maximum Gasteiger partial charge on any atom is 0.271 e. The number of thiazole rings is 1. The molecule has 1 unspecified atom stereocenters. The Labute approximate surface area is 176 Å². The highest BCUT2D eigenvalue weighted by atomic mass is 79.9. The van der Waals surface area contributed by atoms with E-state index in [2.05, 4.69) is 35.8 Å². The normalized spacial score (nSPS) is 11.8. The van der Waals surface area contributed by atoms with Crippen molar-refractivity contribution in [2.75, 3.05) is 13.2 Å². The molecule has 1 heterocycles. The zero-order valence-electron chi connectivity index (χ0n) is 15.8. The van der Waals surface area contributed by atoms with Crippen LogP contribution in [0.2, 0.25) is 0 Å². The standard InChI is InChI=1S/C22H26NO2S.BrH/c1-3-25-15-14-20-17(2)23(16-18-10-6-4-7-11-18)22(26-20)21(24)19-12-8-5-9-13-19;/h4-13,21,24H,3,14-16H2,1-2H3;1H/q+1;/p-1/i22+1;. The van der Waals surface area contributed by atoms with Crippen molar-refractivity contribution in [3.63, 3.8) is 0 Å². The first-order valence-corrected chi connectivity index (χ1v) is 9.89. The van der Waals surface area contributed by atoms with Crippen LogP contribution in [0.1, 0.15) is 39.7 Å². The van der Waals surface area contributed by atoms with E-state index in [1.807, 2.05) is 43.3 Å². The average Bonchev–Trinajstić information content (AvgIpc) is 2.99. The highest BCUT2D eigenvalue weighted by Crippen LogP contribution is 2.28.